The van der Waals surface area contributed by atoms with Gasteiger partial charge in [0.05, 0.1) is 28.2 Å². The molecule has 2 aliphatic rings. The first-order valence-corrected chi connectivity index (χ1v) is 35.9. The summed E-state index contributed by atoms with van der Waals surface area (Å²) in [7, 11) is 0. The summed E-state index contributed by atoms with van der Waals surface area (Å²) in [5.41, 5.74) is 24.3. The number of aryl methyl sites for hydroxylation is 3. The Kier molecular flexibility index (Phi) is 31.9. The molecule has 0 spiro atoms. The normalized spacial score (nSPS) is 12.5. The van der Waals surface area contributed by atoms with Crippen molar-refractivity contribution in [3.63, 3.8) is 0 Å². The van der Waals surface area contributed by atoms with Crippen molar-refractivity contribution in [1.29, 1.82) is 0 Å². The van der Waals surface area contributed by atoms with Crippen LogP contribution >= 0.6 is 15.9 Å². The first-order valence-electron chi connectivity index (χ1n) is 34.8. The molecule has 0 N–H and O–H groups in total. The van der Waals surface area contributed by atoms with Crippen LogP contribution in [0.5, 0.6) is 0 Å². The molecule has 16 rings (SSSR count). The number of hydrogen-bond donors (Lipinski definition) is 0. The molecule has 0 aliphatic carbocycles. The number of unbranched alkanes of at least 4 members (excludes halogenated alkanes) is 1. The first kappa shape index (κ1) is 78.0. The second kappa shape index (κ2) is 41.3. The minimum atomic E-state index is 0. The number of fused-ring (bicyclic) bond motifs is 6. The van der Waals surface area contributed by atoms with Crippen LogP contribution < -0.4 is 37.7 Å². The van der Waals surface area contributed by atoms with Crippen LogP contribution in [0.15, 0.2) is 285 Å². The van der Waals surface area contributed by atoms with E-state index < -0.39 is 0 Å². The Morgan fingerprint density at radius 2 is 0.772 bits per heavy atom. The number of nitrogens with zero attached hydrogens (tertiary/aromatic N) is 4. The molecule has 2 saturated heterocycles. The van der Waals surface area contributed by atoms with Gasteiger partial charge < -0.3 is 16.4 Å². The molecule has 1 atom stereocenters. The Balaban J connectivity index is 0.000000184. The van der Waals surface area contributed by atoms with Gasteiger partial charge in [-0.1, -0.05) is 267 Å². The van der Waals surface area contributed by atoms with Crippen LogP contribution in [0.3, 0.4) is 0 Å². The average molecular weight is 1380 g/mol. The van der Waals surface area contributed by atoms with Crippen molar-refractivity contribution in [2.75, 3.05) is 19.8 Å². The molecule has 9 heteroatoms. The molecule has 2 fully saturated rings. The Hall–Kier alpha value is -8.70. The second-order valence-electron chi connectivity index (χ2n) is 25.0. The van der Waals surface area contributed by atoms with E-state index in [0.29, 0.717) is 6.10 Å². The standard InChI is InChI=1S/C40H32N2.C24H16N2.C8H9.C7H7Br.C5H10O.C4H8O.C4H9.2Li/c1-27-13-9-11-19-31(27)23-33-25-37(29-15-5-3-6-16-29)35-21-22-36-38(30-17-7-4-8-18-30)26-34(42-40(36)39(35)41-33)24-32-20-12-10-14-28(32)2;1-3-7-17(8-4-1)19-13-15-25-23-21(19)11-12-22-20(14-16-26-24(22)23)18-9-5-2-6-10-18;1-7-5-3-4-6-8(7)2;8-6-7-4-2-1-3-5-7;1-5-3-2-4-6-5;1-2-4-5-3-1;1-3-4-2;;/h3-22,25-26H,23-24H2,1-2H3;1-16H;3-6H,1H2,2H3;1-5H,6H2;5H,2-4H2,1H3;1-4H2;1,3-4H2,2H3;;/q;;-1;;;;-1;2*+1. The number of halogens is 1. The van der Waals surface area contributed by atoms with Crippen molar-refractivity contribution in [2.45, 2.75) is 97.4 Å². The number of aromatic nitrogens is 4. The van der Waals surface area contributed by atoms with Crippen molar-refractivity contribution in [2.24, 2.45) is 0 Å². The summed E-state index contributed by atoms with van der Waals surface area (Å²) in [6.45, 7) is 21.1. The molecule has 1 unspecified atom stereocenters. The number of ether oxygens (including phenoxy) is 2. The molecule has 14 aromatic rings. The fourth-order valence-electron chi connectivity index (χ4n) is 12.0. The molecule has 500 valence electrons. The number of alkyl halides is 1. The van der Waals surface area contributed by atoms with E-state index in [2.05, 4.69) is 299 Å². The molecule has 10 aromatic carbocycles. The predicted molar refractivity (Wildman–Crippen MR) is 423 cm³/mol. The van der Waals surface area contributed by atoms with Crippen molar-refractivity contribution in [1.82, 2.24) is 19.9 Å². The van der Waals surface area contributed by atoms with Crippen LogP contribution in [0.1, 0.15) is 103 Å². The predicted octanol–water partition coefficient (Wildman–Crippen LogP) is 18.4. The van der Waals surface area contributed by atoms with E-state index in [1.807, 2.05) is 60.9 Å². The smallest absolute Gasteiger partial charge is 0.381 e. The zero-order valence-electron chi connectivity index (χ0n) is 60.1. The van der Waals surface area contributed by atoms with Gasteiger partial charge in [-0.05, 0) is 143 Å². The van der Waals surface area contributed by atoms with Crippen LogP contribution in [0.25, 0.3) is 88.1 Å². The summed E-state index contributed by atoms with van der Waals surface area (Å²) in [6.07, 6.45) is 13.2. The van der Waals surface area contributed by atoms with Crippen LogP contribution in [-0.2, 0) is 27.6 Å². The van der Waals surface area contributed by atoms with Gasteiger partial charge in [0.25, 0.3) is 0 Å². The van der Waals surface area contributed by atoms with Crippen LogP contribution in [0, 0.1) is 34.6 Å². The molecule has 4 aromatic heterocycles. The minimum absolute atomic E-state index is 0. The molecule has 6 nitrogen and oxygen atoms in total. The zero-order chi connectivity index (χ0) is 69.0. The molecule has 0 radical (unpaired) electrons. The van der Waals surface area contributed by atoms with Crippen molar-refractivity contribution in [3.8, 4) is 44.5 Å². The van der Waals surface area contributed by atoms with E-state index in [0.717, 1.165) is 105 Å². The number of rotatable bonds is 10. The van der Waals surface area contributed by atoms with E-state index in [1.165, 1.54) is 110 Å². The summed E-state index contributed by atoms with van der Waals surface area (Å²) in [5.74, 6) is 0. The quantitative estimate of drug-likeness (QED) is 0.0588. The molecule has 0 amide bonds. The van der Waals surface area contributed by atoms with Gasteiger partial charge in [0.1, 0.15) is 0 Å². The van der Waals surface area contributed by atoms with Crippen LogP contribution in [0.4, 0.5) is 0 Å². The molecule has 101 heavy (non-hydrogen) atoms. The molecular formula is C92H91BrLi2N4O2. The van der Waals surface area contributed by atoms with E-state index in [1.54, 1.807) is 0 Å². The summed E-state index contributed by atoms with van der Waals surface area (Å²) >= 11 is 3.36. The molecule has 0 saturated carbocycles. The Bertz CT molecular complexity index is 4510. The van der Waals surface area contributed by atoms with E-state index >= 15 is 0 Å². The average Bonchev–Trinajstić information content (AvgIpc) is 1.49. The van der Waals surface area contributed by atoms with E-state index in [4.69, 9.17) is 19.4 Å². The van der Waals surface area contributed by atoms with Crippen molar-refractivity contribution < 1.29 is 47.2 Å². The van der Waals surface area contributed by atoms with Crippen LogP contribution in [-0.4, -0.2) is 45.9 Å². The Morgan fingerprint density at radius 3 is 1.07 bits per heavy atom. The largest absolute Gasteiger partial charge is 1.00 e. The molecule has 6 heterocycles. The second-order valence-corrected chi connectivity index (χ2v) is 25.5. The third-order valence-corrected chi connectivity index (χ3v) is 18.3. The molecular weight excluding hydrogens is 1290 g/mol. The maximum absolute atomic E-state index is 5.36. The first-order chi connectivity index (χ1) is 48.6. The molecule has 0 bridgehead atoms. The third kappa shape index (κ3) is 22.2. The number of pyridine rings is 4. The maximum Gasteiger partial charge on any atom is 1.00 e. The Morgan fingerprint density at radius 1 is 0.416 bits per heavy atom. The van der Waals surface area contributed by atoms with Gasteiger partial charge >= 0.3 is 37.7 Å². The van der Waals surface area contributed by atoms with Gasteiger partial charge in [-0.15, -0.1) is 12.1 Å². The topological polar surface area (TPSA) is 70.0 Å². The summed E-state index contributed by atoms with van der Waals surface area (Å²) in [4.78, 5) is 20.1. The summed E-state index contributed by atoms with van der Waals surface area (Å²) < 4.78 is 10.1. The fraction of sp³-hybridized carbons (Fsp3) is 0.196. The van der Waals surface area contributed by atoms with Gasteiger partial charge in [-0.3, -0.25) is 19.9 Å². The third-order valence-electron chi connectivity index (χ3n) is 17.7. The van der Waals surface area contributed by atoms with E-state index in [9.17, 15) is 0 Å². The van der Waals surface area contributed by atoms with Gasteiger partial charge in [0, 0.05) is 83.3 Å². The minimum Gasteiger partial charge on any atom is -0.381 e. The summed E-state index contributed by atoms with van der Waals surface area (Å²) in [5, 5.41) is 5.46. The Labute approximate surface area is 633 Å². The van der Waals surface area contributed by atoms with Gasteiger partial charge in [-0.25, -0.2) is 0 Å². The monoisotopic (exact) mass is 1380 g/mol. The van der Waals surface area contributed by atoms with Gasteiger partial charge in [0.15, 0.2) is 0 Å². The van der Waals surface area contributed by atoms with Gasteiger partial charge in [-0.2, -0.15) is 30.5 Å². The van der Waals surface area contributed by atoms with Crippen LogP contribution in [0.2, 0.25) is 0 Å². The molecule has 2 aliphatic heterocycles. The maximum atomic E-state index is 5.36. The SMILES string of the molecule is BrCc1ccccc1.C1CCOC1.CC1CCCO1.Cc1ccccc1Cc1cc(-c2ccccc2)c2ccc3c(-c4ccccc4)cc(Cc4ccccc4C)nc3c2n1.[CH2-]CCC.[CH2-]c1ccccc1C.[Li+].[Li+].c1ccc(-c2ccnc3c2ccc2c(-c4ccccc4)ccnc23)cc1. The van der Waals surface area contributed by atoms with E-state index in [-0.39, 0.29) is 37.7 Å². The zero-order valence-corrected chi connectivity index (χ0v) is 61.7. The number of benzene rings is 10. The van der Waals surface area contributed by atoms with Crippen molar-refractivity contribution in [3.05, 3.63) is 350 Å². The van der Waals surface area contributed by atoms with Gasteiger partial charge in [0.2, 0.25) is 0 Å². The number of hydrogen-bond acceptors (Lipinski definition) is 6. The summed E-state index contributed by atoms with van der Waals surface area (Å²) in [6, 6.07) is 95.2. The fourth-order valence-corrected chi connectivity index (χ4v) is 12.3. The van der Waals surface area contributed by atoms with Crippen molar-refractivity contribution >= 4 is 59.5 Å².